The summed E-state index contributed by atoms with van der Waals surface area (Å²) in [6, 6.07) is 6.71. The van der Waals surface area contributed by atoms with E-state index >= 15 is 0 Å². The van der Waals surface area contributed by atoms with Gasteiger partial charge < -0.3 is 10.6 Å². The number of hydrogen-bond donors (Lipinski definition) is 2. The van der Waals surface area contributed by atoms with Crippen LogP contribution >= 0.6 is 23.7 Å². The van der Waals surface area contributed by atoms with Crippen molar-refractivity contribution in [3.05, 3.63) is 46.2 Å². The van der Waals surface area contributed by atoms with E-state index in [0.717, 1.165) is 10.6 Å². The molecule has 1 amide bonds. The number of hydrogen-bond acceptors (Lipinski definition) is 4. The molecule has 0 spiro atoms. The van der Waals surface area contributed by atoms with Crippen LogP contribution in [-0.2, 0) is 11.2 Å². The van der Waals surface area contributed by atoms with E-state index in [-0.39, 0.29) is 30.0 Å². The summed E-state index contributed by atoms with van der Waals surface area (Å²) in [5.74, 6) is -0.423. The highest BCUT2D eigenvalue weighted by atomic mass is 35.5. The molecule has 1 atom stereocenters. The lowest BCUT2D eigenvalue weighted by atomic mass is 10.1. The first-order valence-electron chi connectivity index (χ1n) is 7.16. The molecule has 0 aliphatic carbocycles. The molecule has 7 heteroatoms. The molecule has 0 saturated carbocycles. The van der Waals surface area contributed by atoms with E-state index in [4.69, 9.17) is 0 Å². The van der Waals surface area contributed by atoms with Gasteiger partial charge >= 0.3 is 0 Å². The van der Waals surface area contributed by atoms with E-state index in [1.165, 1.54) is 17.4 Å². The van der Waals surface area contributed by atoms with Crippen LogP contribution in [0.15, 0.2) is 24.3 Å². The van der Waals surface area contributed by atoms with Crippen LogP contribution in [0.3, 0.4) is 0 Å². The SMILES string of the molecule is CNCC(C)C(=O)Nc1nc(C)c(Cc2ccccc2F)s1.Cl. The predicted molar refractivity (Wildman–Crippen MR) is 95.0 cm³/mol. The normalized spacial score (nSPS) is 11.7. The zero-order valence-corrected chi connectivity index (χ0v) is 15.0. The minimum absolute atomic E-state index is 0. The molecule has 2 rings (SSSR count). The van der Waals surface area contributed by atoms with E-state index in [2.05, 4.69) is 15.6 Å². The second kappa shape index (κ2) is 8.96. The van der Waals surface area contributed by atoms with Crippen LogP contribution < -0.4 is 10.6 Å². The van der Waals surface area contributed by atoms with E-state index in [1.807, 2.05) is 27.0 Å². The molecule has 2 N–H and O–H groups in total. The van der Waals surface area contributed by atoms with Gasteiger partial charge in [0.1, 0.15) is 5.82 Å². The number of nitrogens with one attached hydrogen (secondary N) is 2. The molecule has 0 saturated heterocycles. The summed E-state index contributed by atoms with van der Waals surface area (Å²) in [4.78, 5) is 17.3. The lowest BCUT2D eigenvalue weighted by Gasteiger charge is -2.09. The van der Waals surface area contributed by atoms with Crippen LogP contribution in [0.2, 0.25) is 0 Å². The van der Waals surface area contributed by atoms with Gasteiger partial charge in [-0.1, -0.05) is 25.1 Å². The van der Waals surface area contributed by atoms with Crippen LogP contribution in [0.1, 0.15) is 23.1 Å². The molecule has 0 radical (unpaired) electrons. The number of carbonyl (C=O) groups is 1. The largest absolute Gasteiger partial charge is 0.319 e. The number of amides is 1. The molecule has 126 valence electrons. The van der Waals surface area contributed by atoms with Crippen molar-refractivity contribution in [1.29, 1.82) is 0 Å². The van der Waals surface area contributed by atoms with Gasteiger partial charge in [-0.3, -0.25) is 4.79 Å². The van der Waals surface area contributed by atoms with Gasteiger partial charge in [0.05, 0.1) is 5.69 Å². The molecule has 2 aromatic rings. The van der Waals surface area contributed by atoms with Crippen molar-refractivity contribution < 1.29 is 9.18 Å². The number of benzene rings is 1. The zero-order valence-electron chi connectivity index (χ0n) is 13.4. The zero-order chi connectivity index (χ0) is 16.1. The fraction of sp³-hybridized carbons (Fsp3) is 0.375. The molecule has 1 aromatic heterocycles. The minimum Gasteiger partial charge on any atom is -0.319 e. The van der Waals surface area contributed by atoms with Crippen LogP contribution in [0.5, 0.6) is 0 Å². The second-order valence-corrected chi connectivity index (χ2v) is 6.33. The first-order chi connectivity index (χ1) is 10.5. The van der Waals surface area contributed by atoms with Crippen molar-refractivity contribution in [2.75, 3.05) is 18.9 Å². The van der Waals surface area contributed by atoms with E-state index < -0.39 is 0 Å². The summed E-state index contributed by atoms with van der Waals surface area (Å²) < 4.78 is 13.7. The summed E-state index contributed by atoms with van der Waals surface area (Å²) in [6.07, 6.45) is 0.484. The summed E-state index contributed by atoms with van der Waals surface area (Å²) >= 11 is 1.40. The highest BCUT2D eigenvalue weighted by Gasteiger charge is 2.16. The Kier molecular flexibility index (Phi) is 7.61. The number of aromatic nitrogens is 1. The molecule has 0 aliphatic rings. The fourth-order valence-electron chi connectivity index (χ4n) is 2.09. The Morgan fingerprint density at radius 3 is 2.74 bits per heavy atom. The Labute approximate surface area is 145 Å². The lowest BCUT2D eigenvalue weighted by Crippen LogP contribution is -2.28. The Bertz CT molecular complexity index is 663. The van der Waals surface area contributed by atoms with Gasteiger partial charge in [-0.05, 0) is 25.6 Å². The Hall–Kier alpha value is -1.50. The number of anilines is 1. The number of carbonyl (C=O) groups excluding carboxylic acids is 1. The van der Waals surface area contributed by atoms with Gasteiger partial charge in [0, 0.05) is 23.8 Å². The van der Waals surface area contributed by atoms with E-state index in [9.17, 15) is 9.18 Å². The number of nitrogens with zero attached hydrogens (tertiary/aromatic N) is 1. The average molecular weight is 358 g/mol. The maximum absolute atomic E-state index is 13.7. The number of aryl methyl sites for hydroxylation is 1. The molecule has 4 nitrogen and oxygen atoms in total. The monoisotopic (exact) mass is 357 g/mol. The highest BCUT2D eigenvalue weighted by molar-refractivity contribution is 7.15. The molecule has 1 heterocycles. The van der Waals surface area contributed by atoms with Crippen molar-refractivity contribution in [2.45, 2.75) is 20.3 Å². The number of rotatable bonds is 6. The van der Waals surface area contributed by atoms with Gasteiger partial charge in [0.15, 0.2) is 5.13 Å². The minimum atomic E-state index is -0.219. The Balaban J connectivity index is 0.00000264. The van der Waals surface area contributed by atoms with Gasteiger partial charge in [-0.2, -0.15) is 0 Å². The van der Waals surface area contributed by atoms with Crippen LogP contribution in [0.25, 0.3) is 0 Å². The fourth-order valence-corrected chi connectivity index (χ4v) is 3.08. The van der Waals surface area contributed by atoms with Crippen LogP contribution in [0, 0.1) is 18.7 Å². The van der Waals surface area contributed by atoms with E-state index in [1.54, 1.807) is 12.1 Å². The van der Waals surface area contributed by atoms with Crippen LogP contribution in [-0.4, -0.2) is 24.5 Å². The molecule has 0 aliphatic heterocycles. The van der Waals surface area contributed by atoms with Gasteiger partial charge in [-0.25, -0.2) is 9.37 Å². The molecule has 0 bridgehead atoms. The second-order valence-electron chi connectivity index (χ2n) is 5.24. The molecule has 23 heavy (non-hydrogen) atoms. The first kappa shape index (κ1) is 19.5. The van der Waals surface area contributed by atoms with E-state index in [0.29, 0.717) is 23.7 Å². The maximum Gasteiger partial charge on any atom is 0.230 e. The van der Waals surface area contributed by atoms with Crippen molar-refractivity contribution in [3.63, 3.8) is 0 Å². The van der Waals surface area contributed by atoms with Gasteiger partial charge in [0.2, 0.25) is 5.91 Å². The predicted octanol–water partition coefficient (Wildman–Crippen LogP) is 3.40. The van der Waals surface area contributed by atoms with Gasteiger partial charge in [-0.15, -0.1) is 23.7 Å². The summed E-state index contributed by atoms with van der Waals surface area (Å²) in [7, 11) is 1.81. The molecular weight excluding hydrogens is 337 g/mol. The van der Waals surface area contributed by atoms with Crippen molar-refractivity contribution in [2.24, 2.45) is 5.92 Å². The molecular formula is C16H21ClFN3OS. The molecule has 0 fully saturated rings. The number of halogens is 2. The summed E-state index contributed by atoms with van der Waals surface area (Å²) in [5.41, 5.74) is 1.46. The summed E-state index contributed by atoms with van der Waals surface area (Å²) in [6.45, 7) is 4.34. The third-order valence-corrected chi connectivity index (χ3v) is 4.46. The van der Waals surface area contributed by atoms with Crippen LogP contribution in [0.4, 0.5) is 9.52 Å². The van der Waals surface area contributed by atoms with Crippen molar-refractivity contribution >= 4 is 34.8 Å². The molecule has 1 unspecified atom stereocenters. The standard InChI is InChI=1S/C16H20FN3OS.ClH/c1-10(9-18-3)15(21)20-16-19-11(2)14(22-16)8-12-6-4-5-7-13(12)17;/h4-7,10,18H,8-9H2,1-3H3,(H,19,20,21);1H. The van der Waals surface area contributed by atoms with Crippen molar-refractivity contribution in [3.8, 4) is 0 Å². The van der Waals surface area contributed by atoms with Gasteiger partial charge in [0.25, 0.3) is 0 Å². The molecule has 1 aromatic carbocycles. The smallest absolute Gasteiger partial charge is 0.230 e. The lowest BCUT2D eigenvalue weighted by molar-refractivity contribution is -0.119. The summed E-state index contributed by atoms with van der Waals surface area (Å²) in [5, 5.41) is 6.36. The maximum atomic E-state index is 13.7. The Morgan fingerprint density at radius 2 is 2.09 bits per heavy atom. The third kappa shape index (κ3) is 5.27. The highest BCUT2D eigenvalue weighted by Crippen LogP contribution is 2.26. The first-order valence-corrected chi connectivity index (χ1v) is 7.98. The topological polar surface area (TPSA) is 54.0 Å². The number of thiazole rings is 1. The average Bonchev–Trinajstić information content (AvgIpc) is 2.81. The quantitative estimate of drug-likeness (QED) is 0.833. The third-order valence-electron chi connectivity index (χ3n) is 3.39. The van der Waals surface area contributed by atoms with Crippen molar-refractivity contribution in [1.82, 2.24) is 10.3 Å². The Morgan fingerprint density at radius 1 is 1.39 bits per heavy atom.